The number of amides is 1. The van der Waals surface area contributed by atoms with Gasteiger partial charge in [-0.25, -0.2) is 9.59 Å². The minimum atomic E-state index is -3.78. The van der Waals surface area contributed by atoms with Gasteiger partial charge in [-0.15, -0.1) is 0 Å². The van der Waals surface area contributed by atoms with Crippen LogP contribution in [0.1, 0.15) is 26.3 Å². The number of alkyl halides is 3. The molecule has 0 heterocycles. The third-order valence-corrected chi connectivity index (χ3v) is 3.72. The number of halogens is 3. The van der Waals surface area contributed by atoms with Crippen LogP contribution < -0.4 is 5.32 Å². The lowest BCUT2D eigenvalue weighted by molar-refractivity contribution is -0.158. The Balaban J connectivity index is 3.27. The molecular weight excluding hydrogens is 388 g/mol. The second-order valence-electron chi connectivity index (χ2n) is 6.18. The molecule has 1 unspecified atom stereocenters. The molecule has 1 aromatic carbocycles. The molecule has 1 atom stereocenters. The number of hydrogen-bond acceptors (Lipinski definition) is 4. The minimum absolute atomic E-state index is 0.415. The Morgan fingerprint density at radius 3 is 2.12 bits per heavy atom. The van der Waals surface area contributed by atoms with E-state index in [1.807, 2.05) is 5.32 Å². The van der Waals surface area contributed by atoms with Crippen LogP contribution in [0.2, 0.25) is 0 Å². The number of carbonyl (C=O) groups excluding carboxylic acids is 2. The van der Waals surface area contributed by atoms with Crippen molar-refractivity contribution in [3.8, 4) is 0 Å². The Hall–Kier alpha value is -1.70. The number of esters is 1. The van der Waals surface area contributed by atoms with Crippen molar-refractivity contribution in [1.82, 2.24) is 5.32 Å². The number of rotatable bonds is 5. The third-order valence-electron chi connectivity index (χ3n) is 3.04. The standard InChI is InChI=1S/C16H20BrF2NO4/c1-14(2,3)24-13(22)20-15(12(21)23-4,16(17,18)19)10-11-8-6-5-7-9-11/h5-9H,10H2,1-4H3,(H,20,22). The van der Waals surface area contributed by atoms with Crippen LogP contribution in [0.25, 0.3) is 0 Å². The number of hydrogen-bond donors (Lipinski definition) is 1. The Labute approximate surface area is 147 Å². The molecule has 0 spiro atoms. The Morgan fingerprint density at radius 2 is 1.71 bits per heavy atom. The molecule has 0 fully saturated rings. The van der Waals surface area contributed by atoms with Crippen molar-refractivity contribution in [2.75, 3.05) is 7.11 Å². The first kappa shape index (κ1) is 20.3. The van der Waals surface area contributed by atoms with Gasteiger partial charge in [0.1, 0.15) is 5.60 Å². The Kier molecular flexibility index (Phi) is 6.32. The van der Waals surface area contributed by atoms with E-state index in [0.717, 1.165) is 7.11 Å². The molecular formula is C16H20BrF2NO4. The van der Waals surface area contributed by atoms with Gasteiger partial charge < -0.3 is 9.47 Å². The van der Waals surface area contributed by atoms with Crippen molar-refractivity contribution >= 4 is 28.0 Å². The van der Waals surface area contributed by atoms with Crippen molar-refractivity contribution in [2.45, 2.75) is 43.2 Å². The number of alkyl carbamates (subject to hydrolysis) is 1. The number of benzene rings is 1. The summed E-state index contributed by atoms with van der Waals surface area (Å²) >= 11 is 2.20. The van der Waals surface area contributed by atoms with E-state index >= 15 is 0 Å². The SMILES string of the molecule is COC(=O)C(Cc1ccccc1)(NC(=O)OC(C)(C)C)C(F)(F)Br. The topological polar surface area (TPSA) is 64.6 Å². The fraction of sp³-hybridized carbons (Fsp3) is 0.500. The van der Waals surface area contributed by atoms with Crippen LogP contribution in [0.3, 0.4) is 0 Å². The van der Waals surface area contributed by atoms with Crippen LogP contribution in [0, 0.1) is 0 Å². The van der Waals surface area contributed by atoms with E-state index < -0.39 is 34.5 Å². The largest absolute Gasteiger partial charge is 0.467 e. The lowest BCUT2D eigenvalue weighted by Gasteiger charge is -2.36. The highest BCUT2D eigenvalue weighted by Crippen LogP contribution is 2.38. The fourth-order valence-electron chi connectivity index (χ4n) is 2.01. The van der Waals surface area contributed by atoms with Crippen molar-refractivity contribution < 1.29 is 27.8 Å². The van der Waals surface area contributed by atoms with E-state index in [1.54, 1.807) is 51.1 Å². The molecule has 5 nitrogen and oxygen atoms in total. The first-order chi connectivity index (χ1) is 10.9. The molecule has 134 valence electrons. The molecule has 0 aliphatic carbocycles. The van der Waals surface area contributed by atoms with Gasteiger partial charge in [0.25, 0.3) is 0 Å². The molecule has 8 heteroatoms. The maximum Gasteiger partial charge on any atom is 0.408 e. The van der Waals surface area contributed by atoms with Gasteiger partial charge >= 0.3 is 16.9 Å². The Bertz CT molecular complexity index is 584. The maximum atomic E-state index is 14.3. The number of methoxy groups -OCH3 is 1. The van der Waals surface area contributed by atoms with Crippen molar-refractivity contribution in [1.29, 1.82) is 0 Å². The molecule has 0 bridgehead atoms. The van der Waals surface area contributed by atoms with Gasteiger partial charge in [-0.2, -0.15) is 8.78 Å². The summed E-state index contributed by atoms with van der Waals surface area (Å²) < 4.78 is 38.1. The second-order valence-corrected chi connectivity index (χ2v) is 7.18. The molecule has 1 amide bonds. The van der Waals surface area contributed by atoms with Crippen LogP contribution in [0.5, 0.6) is 0 Å². The summed E-state index contributed by atoms with van der Waals surface area (Å²) in [6.45, 7) is 4.74. The van der Waals surface area contributed by atoms with Crippen LogP contribution >= 0.6 is 15.9 Å². The zero-order valence-corrected chi connectivity index (χ0v) is 15.4. The smallest absolute Gasteiger partial charge is 0.408 e. The van der Waals surface area contributed by atoms with Crippen molar-refractivity contribution in [3.63, 3.8) is 0 Å². The number of nitrogens with one attached hydrogen (secondary N) is 1. The van der Waals surface area contributed by atoms with Crippen LogP contribution in [-0.2, 0) is 20.7 Å². The highest BCUT2D eigenvalue weighted by molar-refractivity contribution is 9.10. The molecule has 0 aliphatic rings. The molecule has 1 rings (SSSR count). The summed E-state index contributed by atoms with van der Waals surface area (Å²) in [5.41, 5.74) is -3.16. The minimum Gasteiger partial charge on any atom is -0.467 e. The molecule has 0 saturated heterocycles. The quantitative estimate of drug-likeness (QED) is 0.597. The molecule has 1 aromatic rings. The third kappa shape index (κ3) is 5.15. The van der Waals surface area contributed by atoms with E-state index in [0.29, 0.717) is 5.56 Å². The first-order valence-corrected chi connectivity index (χ1v) is 7.91. The lowest BCUT2D eigenvalue weighted by atomic mass is 9.91. The number of carbonyl (C=O) groups is 2. The van der Waals surface area contributed by atoms with Crippen LogP contribution in [-0.4, -0.2) is 35.1 Å². The predicted molar refractivity (Wildman–Crippen MR) is 88.1 cm³/mol. The van der Waals surface area contributed by atoms with E-state index in [4.69, 9.17) is 4.74 Å². The first-order valence-electron chi connectivity index (χ1n) is 7.11. The van der Waals surface area contributed by atoms with Gasteiger partial charge in [0.2, 0.25) is 5.54 Å². The van der Waals surface area contributed by atoms with Crippen LogP contribution in [0.15, 0.2) is 30.3 Å². The van der Waals surface area contributed by atoms with Gasteiger partial charge in [0.05, 0.1) is 7.11 Å². The zero-order valence-electron chi connectivity index (χ0n) is 13.9. The molecule has 0 aromatic heterocycles. The second kappa shape index (κ2) is 7.46. The highest BCUT2D eigenvalue weighted by atomic mass is 79.9. The maximum absolute atomic E-state index is 14.3. The molecule has 0 aliphatic heterocycles. The van der Waals surface area contributed by atoms with Gasteiger partial charge in [0, 0.05) is 6.42 Å². The van der Waals surface area contributed by atoms with E-state index in [9.17, 15) is 18.4 Å². The van der Waals surface area contributed by atoms with Gasteiger partial charge in [-0.1, -0.05) is 30.3 Å². The summed E-state index contributed by atoms with van der Waals surface area (Å²) in [4.78, 5) is 20.4. The van der Waals surface area contributed by atoms with E-state index in [2.05, 4.69) is 20.7 Å². The van der Waals surface area contributed by atoms with E-state index in [1.165, 1.54) is 0 Å². The molecule has 24 heavy (non-hydrogen) atoms. The van der Waals surface area contributed by atoms with Gasteiger partial charge in [-0.05, 0) is 42.3 Å². The lowest BCUT2D eigenvalue weighted by Crippen LogP contribution is -2.65. The average Bonchev–Trinajstić information content (AvgIpc) is 2.43. The average molecular weight is 408 g/mol. The van der Waals surface area contributed by atoms with Crippen molar-refractivity contribution in [2.24, 2.45) is 0 Å². The summed E-state index contributed by atoms with van der Waals surface area (Å²) in [6, 6.07) is 8.10. The van der Waals surface area contributed by atoms with Crippen LogP contribution in [0.4, 0.5) is 13.6 Å². The summed E-state index contributed by atoms with van der Waals surface area (Å²) in [6.07, 6.45) is -1.64. The predicted octanol–water partition coefficient (Wildman–Crippen LogP) is 3.65. The molecule has 0 saturated carbocycles. The highest BCUT2D eigenvalue weighted by Gasteiger charge is 2.60. The summed E-state index contributed by atoms with van der Waals surface area (Å²) in [5, 5.41) is 1.99. The molecule has 1 N–H and O–H groups in total. The number of ether oxygens (including phenoxy) is 2. The zero-order chi connectivity index (χ0) is 18.6. The summed E-state index contributed by atoms with van der Waals surface area (Å²) in [5.74, 6) is -1.29. The van der Waals surface area contributed by atoms with Gasteiger partial charge in [0.15, 0.2) is 0 Å². The normalized spacial score (nSPS) is 14.5. The van der Waals surface area contributed by atoms with E-state index in [-0.39, 0.29) is 0 Å². The molecule has 0 radical (unpaired) electrons. The monoisotopic (exact) mass is 407 g/mol. The van der Waals surface area contributed by atoms with Gasteiger partial charge in [-0.3, -0.25) is 5.32 Å². The summed E-state index contributed by atoms with van der Waals surface area (Å²) in [7, 11) is 0.970. The fourth-order valence-corrected chi connectivity index (χ4v) is 2.41. The Morgan fingerprint density at radius 1 is 1.17 bits per heavy atom. The van der Waals surface area contributed by atoms with Crippen molar-refractivity contribution in [3.05, 3.63) is 35.9 Å².